The maximum atomic E-state index is 11.9. The van der Waals surface area contributed by atoms with Gasteiger partial charge in [0.2, 0.25) is 5.91 Å². The van der Waals surface area contributed by atoms with Crippen LogP contribution in [0.15, 0.2) is 24.5 Å². The normalized spacial score (nSPS) is 23.9. The van der Waals surface area contributed by atoms with Crippen LogP contribution in [0, 0.1) is 0 Å². The molecule has 1 saturated heterocycles. The largest absolute Gasteiger partial charge is 0.467 e. The lowest BCUT2D eigenvalue weighted by Crippen LogP contribution is -2.50. The Balaban J connectivity index is 2.42. The van der Waals surface area contributed by atoms with Gasteiger partial charge in [-0.05, 0) is 25.5 Å². The Kier molecular flexibility index (Phi) is 2.83. The number of hydrogen-bond acceptors (Lipinski definition) is 4. The van der Waals surface area contributed by atoms with Crippen LogP contribution < -0.4 is 4.90 Å². The molecule has 0 saturated carbocycles. The molecule has 2 heterocycles. The Bertz CT molecular complexity index is 446. The van der Waals surface area contributed by atoms with Crippen LogP contribution >= 0.6 is 0 Å². The second kappa shape index (κ2) is 4.16. The minimum absolute atomic E-state index is 0.0656. The summed E-state index contributed by atoms with van der Waals surface area (Å²) in [6.45, 7) is 1.73. The van der Waals surface area contributed by atoms with E-state index < -0.39 is 5.54 Å². The summed E-state index contributed by atoms with van der Waals surface area (Å²) in [5.41, 5.74) is -0.233. The zero-order valence-corrected chi connectivity index (χ0v) is 9.84. The molecule has 0 aliphatic carbocycles. The first-order valence-electron chi connectivity index (χ1n) is 5.41. The van der Waals surface area contributed by atoms with Crippen molar-refractivity contribution in [2.45, 2.75) is 25.3 Å². The number of pyridine rings is 1. The molecule has 1 atom stereocenters. The predicted octanol–water partition coefficient (Wildman–Crippen LogP) is 1.14. The number of nitrogens with zero attached hydrogens (tertiary/aromatic N) is 2. The summed E-state index contributed by atoms with van der Waals surface area (Å²) in [5, 5.41) is 0. The summed E-state index contributed by atoms with van der Waals surface area (Å²) < 4.78 is 4.79. The number of carbonyl (C=O) groups excluding carboxylic acids is 2. The van der Waals surface area contributed by atoms with Gasteiger partial charge in [0, 0.05) is 24.5 Å². The number of carbonyl (C=O) groups is 2. The van der Waals surface area contributed by atoms with Gasteiger partial charge in [-0.3, -0.25) is 14.7 Å². The van der Waals surface area contributed by atoms with Crippen molar-refractivity contribution in [1.29, 1.82) is 0 Å². The van der Waals surface area contributed by atoms with E-state index in [9.17, 15) is 9.59 Å². The van der Waals surface area contributed by atoms with Gasteiger partial charge in [-0.15, -0.1) is 0 Å². The lowest BCUT2D eigenvalue weighted by Gasteiger charge is -2.32. The molecule has 5 nitrogen and oxygen atoms in total. The zero-order chi connectivity index (χ0) is 12.5. The van der Waals surface area contributed by atoms with Crippen molar-refractivity contribution >= 4 is 17.6 Å². The molecule has 0 N–H and O–H groups in total. The monoisotopic (exact) mass is 234 g/mol. The van der Waals surface area contributed by atoms with Crippen molar-refractivity contribution in [2.75, 3.05) is 12.0 Å². The molecule has 2 rings (SSSR count). The topological polar surface area (TPSA) is 59.5 Å². The van der Waals surface area contributed by atoms with Gasteiger partial charge in [0.25, 0.3) is 0 Å². The zero-order valence-electron chi connectivity index (χ0n) is 9.84. The first-order chi connectivity index (χ1) is 8.09. The van der Waals surface area contributed by atoms with E-state index in [4.69, 9.17) is 4.74 Å². The molecule has 5 heteroatoms. The summed E-state index contributed by atoms with van der Waals surface area (Å²) in [7, 11) is 1.33. The fourth-order valence-electron chi connectivity index (χ4n) is 2.18. The number of rotatable bonds is 2. The molecule has 0 spiro atoms. The molecule has 0 radical (unpaired) electrons. The van der Waals surface area contributed by atoms with Gasteiger partial charge < -0.3 is 4.74 Å². The highest BCUT2D eigenvalue weighted by Crippen LogP contribution is 2.35. The van der Waals surface area contributed by atoms with Gasteiger partial charge in [-0.25, -0.2) is 4.79 Å². The highest BCUT2D eigenvalue weighted by molar-refractivity contribution is 6.05. The van der Waals surface area contributed by atoms with Crippen LogP contribution in [0.2, 0.25) is 0 Å². The number of esters is 1. The van der Waals surface area contributed by atoms with E-state index in [0.717, 1.165) is 0 Å². The molecule has 1 aliphatic heterocycles. The van der Waals surface area contributed by atoms with Crippen LogP contribution in [0.4, 0.5) is 5.69 Å². The number of ether oxygens (including phenoxy) is 1. The summed E-state index contributed by atoms with van der Waals surface area (Å²) in [6.07, 6.45) is 4.02. The van der Waals surface area contributed by atoms with E-state index in [0.29, 0.717) is 18.5 Å². The molecule has 1 aromatic heterocycles. The summed E-state index contributed by atoms with van der Waals surface area (Å²) in [5.74, 6) is -0.454. The Morgan fingerprint density at radius 3 is 2.71 bits per heavy atom. The molecule has 17 heavy (non-hydrogen) atoms. The van der Waals surface area contributed by atoms with Gasteiger partial charge in [0.05, 0.1) is 7.11 Å². The van der Waals surface area contributed by atoms with Gasteiger partial charge in [-0.2, -0.15) is 0 Å². The van der Waals surface area contributed by atoms with Crippen molar-refractivity contribution in [1.82, 2.24) is 4.98 Å². The SMILES string of the molecule is COC(=O)C1(C)CCC(=O)N1c1ccncc1. The predicted molar refractivity (Wildman–Crippen MR) is 61.4 cm³/mol. The molecule has 0 bridgehead atoms. The number of amides is 1. The molecule has 1 unspecified atom stereocenters. The van der Waals surface area contributed by atoms with E-state index in [-0.39, 0.29) is 11.9 Å². The van der Waals surface area contributed by atoms with Crippen LogP contribution in [-0.4, -0.2) is 29.5 Å². The standard InChI is InChI=1S/C12H14N2O3/c1-12(11(16)17-2)6-3-10(15)14(12)9-4-7-13-8-5-9/h4-5,7-8H,3,6H2,1-2H3. The minimum Gasteiger partial charge on any atom is -0.467 e. The van der Waals surface area contributed by atoms with Crippen molar-refractivity contribution < 1.29 is 14.3 Å². The van der Waals surface area contributed by atoms with Crippen molar-refractivity contribution in [2.24, 2.45) is 0 Å². The van der Waals surface area contributed by atoms with Crippen LogP contribution in [-0.2, 0) is 14.3 Å². The smallest absolute Gasteiger partial charge is 0.331 e. The Hall–Kier alpha value is -1.91. The maximum absolute atomic E-state index is 11.9. The quantitative estimate of drug-likeness (QED) is 0.720. The van der Waals surface area contributed by atoms with E-state index in [1.807, 2.05) is 0 Å². The van der Waals surface area contributed by atoms with Gasteiger partial charge >= 0.3 is 5.97 Å². The number of aromatic nitrogens is 1. The Labute approximate surface area is 99.4 Å². The highest BCUT2D eigenvalue weighted by atomic mass is 16.5. The second-order valence-corrected chi connectivity index (χ2v) is 4.20. The van der Waals surface area contributed by atoms with Crippen LogP contribution in [0.3, 0.4) is 0 Å². The summed E-state index contributed by atoms with van der Waals surface area (Å²) in [6, 6.07) is 3.43. The first-order valence-corrected chi connectivity index (χ1v) is 5.41. The molecule has 90 valence electrons. The summed E-state index contributed by atoms with van der Waals surface area (Å²) >= 11 is 0. The fourth-order valence-corrected chi connectivity index (χ4v) is 2.18. The molecule has 1 amide bonds. The lowest BCUT2D eigenvalue weighted by molar-refractivity contribution is -0.146. The second-order valence-electron chi connectivity index (χ2n) is 4.20. The van der Waals surface area contributed by atoms with Crippen LogP contribution in [0.1, 0.15) is 19.8 Å². The number of hydrogen-bond donors (Lipinski definition) is 0. The first kappa shape index (κ1) is 11.6. The van der Waals surface area contributed by atoms with Crippen molar-refractivity contribution in [3.8, 4) is 0 Å². The molecular formula is C12H14N2O3. The van der Waals surface area contributed by atoms with Crippen LogP contribution in [0.25, 0.3) is 0 Å². The Morgan fingerprint density at radius 2 is 2.12 bits per heavy atom. The molecule has 1 aliphatic rings. The van der Waals surface area contributed by atoms with Crippen molar-refractivity contribution in [3.05, 3.63) is 24.5 Å². The van der Waals surface area contributed by atoms with Gasteiger partial charge in [0.1, 0.15) is 5.54 Å². The third kappa shape index (κ3) is 1.77. The van der Waals surface area contributed by atoms with E-state index in [2.05, 4.69) is 4.98 Å². The molecule has 0 aromatic carbocycles. The van der Waals surface area contributed by atoms with E-state index in [1.54, 1.807) is 31.5 Å². The van der Waals surface area contributed by atoms with E-state index in [1.165, 1.54) is 12.0 Å². The Morgan fingerprint density at radius 1 is 1.47 bits per heavy atom. The third-order valence-corrected chi connectivity index (χ3v) is 3.11. The molecule has 1 fully saturated rings. The van der Waals surface area contributed by atoms with E-state index >= 15 is 0 Å². The van der Waals surface area contributed by atoms with Gasteiger partial charge in [-0.1, -0.05) is 0 Å². The summed E-state index contributed by atoms with van der Waals surface area (Å²) in [4.78, 5) is 29.1. The average molecular weight is 234 g/mol. The molecule has 1 aromatic rings. The minimum atomic E-state index is -0.910. The molecular weight excluding hydrogens is 220 g/mol. The van der Waals surface area contributed by atoms with Gasteiger partial charge in [0.15, 0.2) is 0 Å². The maximum Gasteiger partial charge on any atom is 0.331 e. The van der Waals surface area contributed by atoms with Crippen molar-refractivity contribution in [3.63, 3.8) is 0 Å². The fraction of sp³-hybridized carbons (Fsp3) is 0.417. The number of methoxy groups -OCH3 is 1. The third-order valence-electron chi connectivity index (χ3n) is 3.11. The lowest BCUT2D eigenvalue weighted by atomic mass is 9.99. The average Bonchev–Trinajstić information content (AvgIpc) is 2.66. The van der Waals surface area contributed by atoms with Crippen LogP contribution in [0.5, 0.6) is 0 Å². The number of anilines is 1. The highest BCUT2D eigenvalue weighted by Gasteiger charge is 2.49.